The lowest BCUT2D eigenvalue weighted by Crippen LogP contribution is -2.44. The molecule has 1 saturated carbocycles. The van der Waals surface area contributed by atoms with Gasteiger partial charge in [0.25, 0.3) is 0 Å². The Labute approximate surface area is 79.5 Å². The van der Waals surface area contributed by atoms with Crippen LogP contribution in [0.25, 0.3) is 0 Å². The highest BCUT2D eigenvalue weighted by atomic mass is 16.4. The topological polar surface area (TPSA) is 49.3 Å². The third-order valence-corrected chi connectivity index (χ3v) is 3.32. The molecule has 0 aromatic carbocycles. The summed E-state index contributed by atoms with van der Waals surface area (Å²) < 4.78 is 0. The third kappa shape index (κ3) is 2.44. The van der Waals surface area contributed by atoms with Gasteiger partial charge in [0.15, 0.2) is 0 Å². The minimum Gasteiger partial charge on any atom is -0.480 e. The zero-order valence-electron chi connectivity index (χ0n) is 8.47. The summed E-state index contributed by atoms with van der Waals surface area (Å²) in [6.07, 6.45) is 4.97. The number of carboxylic acid groups (broad SMARTS) is 1. The van der Waals surface area contributed by atoms with Crippen molar-refractivity contribution in [1.29, 1.82) is 0 Å². The summed E-state index contributed by atoms with van der Waals surface area (Å²) >= 11 is 0. The number of rotatable bonds is 5. The van der Waals surface area contributed by atoms with Crippen LogP contribution in [0.1, 0.15) is 39.5 Å². The molecule has 1 atom stereocenters. The Morgan fingerprint density at radius 1 is 1.62 bits per heavy atom. The van der Waals surface area contributed by atoms with E-state index in [1.165, 1.54) is 19.3 Å². The molecule has 76 valence electrons. The van der Waals surface area contributed by atoms with Crippen LogP contribution in [-0.2, 0) is 4.79 Å². The van der Waals surface area contributed by atoms with Crippen molar-refractivity contribution in [2.24, 2.45) is 5.41 Å². The Morgan fingerprint density at radius 3 is 2.54 bits per heavy atom. The van der Waals surface area contributed by atoms with Crippen LogP contribution in [0.2, 0.25) is 0 Å². The maximum atomic E-state index is 10.5. The summed E-state index contributed by atoms with van der Waals surface area (Å²) in [4.78, 5) is 10.5. The molecule has 3 heteroatoms. The van der Waals surface area contributed by atoms with Gasteiger partial charge in [-0.05, 0) is 31.6 Å². The molecule has 0 heterocycles. The highest BCUT2D eigenvalue weighted by molar-refractivity contribution is 5.72. The SMILES string of the molecule is CCC1(CNC(C)C(=O)O)CCC1. The maximum Gasteiger partial charge on any atom is 0.320 e. The number of carbonyl (C=O) groups is 1. The second kappa shape index (κ2) is 4.09. The van der Waals surface area contributed by atoms with Crippen LogP contribution < -0.4 is 5.32 Å². The predicted molar refractivity (Wildman–Crippen MR) is 51.7 cm³/mol. The molecule has 0 radical (unpaired) electrons. The summed E-state index contributed by atoms with van der Waals surface area (Å²) in [6.45, 7) is 4.74. The van der Waals surface area contributed by atoms with Crippen molar-refractivity contribution >= 4 is 5.97 Å². The molecule has 0 aromatic rings. The van der Waals surface area contributed by atoms with E-state index >= 15 is 0 Å². The highest BCUT2D eigenvalue weighted by Gasteiger charge is 2.35. The van der Waals surface area contributed by atoms with E-state index in [9.17, 15) is 4.79 Å². The lowest BCUT2D eigenvalue weighted by atomic mass is 9.67. The molecule has 0 amide bonds. The molecule has 0 aliphatic heterocycles. The lowest BCUT2D eigenvalue weighted by Gasteiger charge is -2.42. The molecule has 1 aliphatic rings. The zero-order valence-corrected chi connectivity index (χ0v) is 8.47. The first kappa shape index (κ1) is 10.5. The number of hydrogen-bond acceptors (Lipinski definition) is 2. The fraction of sp³-hybridized carbons (Fsp3) is 0.900. The Balaban J connectivity index is 2.28. The average molecular weight is 185 g/mol. The molecule has 1 rings (SSSR count). The van der Waals surface area contributed by atoms with E-state index in [2.05, 4.69) is 12.2 Å². The molecule has 13 heavy (non-hydrogen) atoms. The van der Waals surface area contributed by atoms with Crippen LogP contribution in [0.4, 0.5) is 0 Å². The number of nitrogens with one attached hydrogen (secondary N) is 1. The molecular formula is C10H19NO2. The van der Waals surface area contributed by atoms with Crippen LogP contribution >= 0.6 is 0 Å². The van der Waals surface area contributed by atoms with Crippen LogP contribution in [-0.4, -0.2) is 23.7 Å². The van der Waals surface area contributed by atoms with Gasteiger partial charge in [-0.1, -0.05) is 13.3 Å². The fourth-order valence-corrected chi connectivity index (χ4v) is 1.79. The van der Waals surface area contributed by atoms with E-state index in [1.807, 2.05) is 0 Å². The van der Waals surface area contributed by atoms with Gasteiger partial charge in [0.1, 0.15) is 6.04 Å². The second-order valence-corrected chi connectivity index (χ2v) is 4.15. The fourth-order valence-electron chi connectivity index (χ4n) is 1.79. The Morgan fingerprint density at radius 2 is 2.23 bits per heavy atom. The zero-order chi connectivity index (χ0) is 9.90. The van der Waals surface area contributed by atoms with Gasteiger partial charge < -0.3 is 10.4 Å². The minimum atomic E-state index is -0.759. The van der Waals surface area contributed by atoms with Crippen LogP contribution in [0, 0.1) is 5.41 Å². The van der Waals surface area contributed by atoms with Crippen molar-refractivity contribution in [3.8, 4) is 0 Å². The first-order valence-corrected chi connectivity index (χ1v) is 5.06. The van der Waals surface area contributed by atoms with Gasteiger partial charge in [-0.2, -0.15) is 0 Å². The van der Waals surface area contributed by atoms with Gasteiger partial charge in [-0.25, -0.2) is 0 Å². The Kier molecular flexibility index (Phi) is 3.31. The van der Waals surface area contributed by atoms with Gasteiger partial charge in [0.05, 0.1) is 0 Å². The second-order valence-electron chi connectivity index (χ2n) is 4.15. The monoisotopic (exact) mass is 185 g/mol. The minimum absolute atomic E-state index is 0.406. The molecule has 1 aliphatic carbocycles. The van der Waals surface area contributed by atoms with Gasteiger partial charge in [0, 0.05) is 6.54 Å². The summed E-state index contributed by atoms with van der Waals surface area (Å²) in [6, 6.07) is -0.413. The van der Waals surface area contributed by atoms with Crippen molar-refractivity contribution in [2.45, 2.75) is 45.6 Å². The number of carboxylic acids is 1. The average Bonchev–Trinajstić information content (AvgIpc) is 2.02. The quantitative estimate of drug-likeness (QED) is 0.684. The molecule has 0 saturated heterocycles. The standard InChI is InChI=1S/C10H19NO2/c1-3-10(5-4-6-10)7-11-8(2)9(12)13/h8,11H,3-7H2,1-2H3,(H,12,13). The Hall–Kier alpha value is -0.570. The van der Waals surface area contributed by atoms with E-state index < -0.39 is 12.0 Å². The van der Waals surface area contributed by atoms with E-state index in [0.717, 1.165) is 13.0 Å². The first-order valence-electron chi connectivity index (χ1n) is 5.06. The summed E-state index contributed by atoms with van der Waals surface area (Å²) in [5.41, 5.74) is 0.406. The van der Waals surface area contributed by atoms with Crippen molar-refractivity contribution in [1.82, 2.24) is 5.32 Å². The molecule has 0 bridgehead atoms. The number of aliphatic carboxylic acids is 1. The summed E-state index contributed by atoms with van der Waals surface area (Å²) in [5.74, 6) is -0.759. The summed E-state index contributed by atoms with van der Waals surface area (Å²) in [5, 5.41) is 11.8. The largest absolute Gasteiger partial charge is 0.480 e. The third-order valence-electron chi connectivity index (χ3n) is 3.32. The van der Waals surface area contributed by atoms with Gasteiger partial charge in [0.2, 0.25) is 0 Å². The van der Waals surface area contributed by atoms with Gasteiger partial charge >= 0.3 is 5.97 Å². The van der Waals surface area contributed by atoms with E-state index in [0.29, 0.717) is 5.41 Å². The van der Waals surface area contributed by atoms with E-state index in [-0.39, 0.29) is 0 Å². The predicted octanol–water partition coefficient (Wildman–Crippen LogP) is 1.63. The van der Waals surface area contributed by atoms with E-state index in [1.54, 1.807) is 6.92 Å². The van der Waals surface area contributed by atoms with Crippen LogP contribution in [0.15, 0.2) is 0 Å². The molecule has 1 fully saturated rings. The van der Waals surface area contributed by atoms with Crippen LogP contribution in [0.3, 0.4) is 0 Å². The van der Waals surface area contributed by atoms with E-state index in [4.69, 9.17) is 5.11 Å². The van der Waals surface area contributed by atoms with Gasteiger partial charge in [-0.3, -0.25) is 4.79 Å². The van der Waals surface area contributed by atoms with Crippen molar-refractivity contribution in [3.05, 3.63) is 0 Å². The molecule has 3 nitrogen and oxygen atoms in total. The normalized spacial score (nSPS) is 22.0. The summed E-state index contributed by atoms with van der Waals surface area (Å²) in [7, 11) is 0. The molecule has 1 unspecified atom stereocenters. The highest BCUT2D eigenvalue weighted by Crippen LogP contribution is 2.43. The van der Waals surface area contributed by atoms with Crippen LogP contribution in [0.5, 0.6) is 0 Å². The molecule has 0 spiro atoms. The molecular weight excluding hydrogens is 166 g/mol. The first-order chi connectivity index (χ1) is 6.09. The molecule has 2 N–H and O–H groups in total. The lowest BCUT2D eigenvalue weighted by molar-refractivity contribution is -0.139. The van der Waals surface area contributed by atoms with Crippen molar-refractivity contribution < 1.29 is 9.90 Å². The maximum absolute atomic E-state index is 10.5. The molecule has 0 aromatic heterocycles. The smallest absolute Gasteiger partial charge is 0.320 e. The van der Waals surface area contributed by atoms with Gasteiger partial charge in [-0.15, -0.1) is 0 Å². The number of hydrogen-bond donors (Lipinski definition) is 2. The van der Waals surface area contributed by atoms with Crippen molar-refractivity contribution in [2.75, 3.05) is 6.54 Å². The van der Waals surface area contributed by atoms with Crippen molar-refractivity contribution in [3.63, 3.8) is 0 Å². The Bertz CT molecular complexity index is 182.